The highest BCUT2D eigenvalue weighted by Gasteiger charge is 2.20. The Balaban J connectivity index is 3.47. The van der Waals surface area contributed by atoms with Crippen LogP contribution < -0.4 is 5.32 Å². The third kappa shape index (κ3) is 49.1. The number of amides is 1. The SMILES string of the molecule is CC/C=C\C/C=C\C/C=C\C/C=C\C/C=C\CCCCCCCCCCCCCCCCCC(=O)NC(CO)C(O)CCCCCCCCCCCCCCCCCCCCC. The average Bonchev–Trinajstić information content (AvgIpc) is 3.28. The van der Waals surface area contributed by atoms with Crippen molar-refractivity contribution >= 4 is 5.91 Å². The fraction of sp³-hybridized carbons (Fsp3) is 0.810. The third-order valence-electron chi connectivity index (χ3n) is 12.5. The standard InChI is InChI=1S/C58H107NO3/c1-3-5-7-9-11-13-15-17-19-21-23-24-25-26-27-28-29-30-31-32-33-34-36-38-40-42-44-46-48-50-52-54-58(62)59-56(55-60)57(61)53-51-49-47-45-43-41-39-37-35-22-20-18-16-14-12-10-8-6-4-2/h5,7,11,13,17,19,23-24,26-27,56-57,60-61H,3-4,6,8-10,12,14-16,18,20-22,25,28-55H2,1-2H3,(H,59,62)/b7-5-,13-11-,19-17-,24-23-,27-26-. The molecule has 0 radical (unpaired) electrons. The van der Waals surface area contributed by atoms with Crippen LogP contribution in [0.1, 0.15) is 284 Å². The van der Waals surface area contributed by atoms with E-state index in [0.29, 0.717) is 12.8 Å². The number of hydrogen-bond acceptors (Lipinski definition) is 3. The molecule has 0 saturated carbocycles. The Morgan fingerprint density at radius 1 is 0.403 bits per heavy atom. The van der Waals surface area contributed by atoms with Crippen molar-refractivity contribution < 1.29 is 15.0 Å². The van der Waals surface area contributed by atoms with Gasteiger partial charge in [0.25, 0.3) is 0 Å². The Kier molecular flexibility index (Phi) is 51.8. The van der Waals surface area contributed by atoms with Crippen LogP contribution in [-0.2, 0) is 4.79 Å². The summed E-state index contributed by atoms with van der Waals surface area (Å²) in [4.78, 5) is 12.5. The minimum absolute atomic E-state index is 0.0300. The Morgan fingerprint density at radius 2 is 0.710 bits per heavy atom. The van der Waals surface area contributed by atoms with Crippen molar-refractivity contribution in [2.45, 2.75) is 296 Å². The maximum atomic E-state index is 12.5. The van der Waals surface area contributed by atoms with Gasteiger partial charge in [-0.2, -0.15) is 0 Å². The molecule has 62 heavy (non-hydrogen) atoms. The van der Waals surface area contributed by atoms with E-state index in [9.17, 15) is 15.0 Å². The number of aliphatic hydroxyl groups excluding tert-OH is 2. The van der Waals surface area contributed by atoms with Crippen LogP contribution in [0.4, 0.5) is 0 Å². The Labute approximate surface area is 387 Å². The normalized spacial score (nSPS) is 13.3. The molecule has 0 aliphatic rings. The molecule has 0 bridgehead atoms. The van der Waals surface area contributed by atoms with Gasteiger partial charge < -0.3 is 15.5 Å². The minimum atomic E-state index is -0.661. The van der Waals surface area contributed by atoms with Gasteiger partial charge in [0.05, 0.1) is 18.8 Å². The number of allylic oxidation sites excluding steroid dienone is 10. The molecule has 0 aromatic rings. The largest absolute Gasteiger partial charge is 0.394 e. The van der Waals surface area contributed by atoms with Crippen molar-refractivity contribution in [3.8, 4) is 0 Å². The summed E-state index contributed by atoms with van der Waals surface area (Å²) in [5.41, 5.74) is 0. The Morgan fingerprint density at radius 3 is 1.06 bits per heavy atom. The first kappa shape index (κ1) is 60.1. The molecular weight excluding hydrogens is 759 g/mol. The van der Waals surface area contributed by atoms with Crippen LogP contribution in [0.25, 0.3) is 0 Å². The van der Waals surface area contributed by atoms with Crippen LogP contribution in [0.15, 0.2) is 60.8 Å². The van der Waals surface area contributed by atoms with E-state index < -0.39 is 12.1 Å². The van der Waals surface area contributed by atoms with E-state index in [-0.39, 0.29) is 12.5 Å². The van der Waals surface area contributed by atoms with E-state index in [2.05, 4.69) is 79.9 Å². The van der Waals surface area contributed by atoms with Gasteiger partial charge in [-0.1, -0.05) is 280 Å². The Hall–Kier alpha value is -1.91. The highest BCUT2D eigenvalue weighted by atomic mass is 16.3. The molecule has 0 spiro atoms. The van der Waals surface area contributed by atoms with Crippen LogP contribution in [0.5, 0.6) is 0 Å². The summed E-state index contributed by atoms with van der Waals surface area (Å²) in [6, 6.07) is -0.538. The monoisotopic (exact) mass is 866 g/mol. The first-order valence-corrected chi connectivity index (χ1v) is 27.5. The molecule has 0 aromatic carbocycles. The molecule has 0 fully saturated rings. The molecule has 3 N–H and O–H groups in total. The Bertz CT molecular complexity index is 1030. The van der Waals surface area contributed by atoms with E-state index in [1.807, 2.05) is 0 Å². The average molecular weight is 866 g/mol. The van der Waals surface area contributed by atoms with Gasteiger partial charge in [0.1, 0.15) is 0 Å². The maximum absolute atomic E-state index is 12.5. The second-order valence-electron chi connectivity index (χ2n) is 18.6. The molecular formula is C58H107NO3. The van der Waals surface area contributed by atoms with E-state index >= 15 is 0 Å². The number of carbonyl (C=O) groups is 1. The quantitative estimate of drug-likeness (QED) is 0.0421. The molecule has 4 heteroatoms. The second kappa shape index (κ2) is 53.4. The van der Waals surface area contributed by atoms with Gasteiger partial charge in [-0.25, -0.2) is 0 Å². The molecule has 0 rings (SSSR count). The van der Waals surface area contributed by atoms with Crippen LogP contribution >= 0.6 is 0 Å². The summed E-state index contributed by atoms with van der Waals surface area (Å²) < 4.78 is 0. The molecule has 0 heterocycles. The smallest absolute Gasteiger partial charge is 0.220 e. The summed E-state index contributed by atoms with van der Waals surface area (Å²) in [6.07, 6.45) is 74.8. The fourth-order valence-corrected chi connectivity index (χ4v) is 8.39. The number of rotatable bonds is 50. The van der Waals surface area contributed by atoms with Crippen molar-refractivity contribution in [1.29, 1.82) is 0 Å². The summed E-state index contributed by atoms with van der Waals surface area (Å²) in [5, 5.41) is 23.3. The highest BCUT2D eigenvalue weighted by Crippen LogP contribution is 2.17. The zero-order valence-corrected chi connectivity index (χ0v) is 41.6. The van der Waals surface area contributed by atoms with Crippen molar-refractivity contribution in [2.75, 3.05) is 6.61 Å². The number of unbranched alkanes of at least 4 members (excludes halogenated alkanes) is 33. The van der Waals surface area contributed by atoms with E-state index in [1.54, 1.807) is 0 Å². The molecule has 0 aliphatic heterocycles. The molecule has 1 amide bonds. The molecule has 2 unspecified atom stereocenters. The topological polar surface area (TPSA) is 69.6 Å². The number of carbonyl (C=O) groups excluding carboxylic acids is 1. The number of hydrogen-bond donors (Lipinski definition) is 3. The van der Waals surface area contributed by atoms with E-state index in [1.165, 1.54) is 199 Å². The predicted octanol–water partition coefficient (Wildman–Crippen LogP) is 18.0. The van der Waals surface area contributed by atoms with Gasteiger partial charge in [0.2, 0.25) is 5.91 Å². The summed E-state index contributed by atoms with van der Waals surface area (Å²) >= 11 is 0. The lowest BCUT2D eigenvalue weighted by Gasteiger charge is -2.22. The molecule has 362 valence electrons. The fourth-order valence-electron chi connectivity index (χ4n) is 8.39. The van der Waals surface area contributed by atoms with Crippen LogP contribution in [0, 0.1) is 0 Å². The zero-order chi connectivity index (χ0) is 44.9. The lowest BCUT2D eigenvalue weighted by atomic mass is 10.0. The first-order chi connectivity index (χ1) is 30.7. The van der Waals surface area contributed by atoms with Crippen molar-refractivity contribution in [3.63, 3.8) is 0 Å². The van der Waals surface area contributed by atoms with Crippen molar-refractivity contribution in [2.24, 2.45) is 0 Å². The van der Waals surface area contributed by atoms with Crippen molar-refractivity contribution in [1.82, 2.24) is 5.32 Å². The van der Waals surface area contributed by atoms with E-state index in [4.69, 9.17) is 0 Å². The maximum Gasteiger partial charge on any atom is 0.220 e. The molecule has 0 aromatic heterocycles. The zero-order valence-electron chi connectivity index (χ0n) is 41.6. The molecule has 0 saturated heterocycles. The van der Waals surface area contributed by atoms with E-state index in [0.717, 1.165) is 57.8 Å². The molecule has 4 nitrogen and oxygen atoms in total. The second-order valence-corrected chi connectivity index (χ2v) is 18.6. The molecule has 2 atom stereocenters. The van der Waals surface area contributed by atoms with Gasteiger partial charge in [-0.3, -0.25) is 4.79 Å². The van der Waals surface area contributed by atoms with Gasteiger partial charge in [0.15, 0.2) is 0 Å². The van der Waals surface area contributed by atoms with Crippen LogP contribution in [0.3, 0.4) is 0 Å². The van der Waals surface area contributed by atoms with Gasteiger partial charge in [0, 0.05) is 6.42 Å². The van der Waals surface area contributed by atoms with Crippen LogP contribution in [0.2, 0.25) is 0 Å². The first-order valence-electron chi connectivity index (χ1n) is 27.5. The number of aliphatic hydroxyl groups is 2. The predicted molar refractivity (Wildman–Crippen MR) is 276 cm³/mol. The number of nitrogens with one attached hydrogen (secondary N) is 1. The highest BCUT2D eigenvalue weighted by molar-refractivity contribution is 5.76. The van der Waals surface area contributed by atoms with Gasteiger partial charge in [-0.05, 0) is 57.8 Å². The van der Waals surface area contributed by atoms with Crippen molar-refractivity contribution in [3.05, 3.63) is 60.8 Å². The lowest BCUT2D eigenvalue weighted by Crippen LogP contribution is -2.45. The third-order valence-corrected chi connectivity index (χ3v) is 12.5. The summed E-state index contributed by atoms with van der Waals surface area (Å²) in [5.74, 6) is -0.0300. The van der Waals surface area contributed by atoms with Gasteiger partial charge in [-0.15, -0.1) is 0 Å². The van der Waals surface area contributed by atoms with Crippen LogP contribution in [-0.4, -0.2) is 34.9 Å². The van der Waals surface area contributed by atoms with Gasteiger partial charge >= 0.3 is 0 Å². The summed E-state index contributed by atoms with van der Waals surface area (Å²) in [6.45, 7) is 4.27. The lowest BCUT2D eigenvalue weighted by molar-refractivity contribution is -0.123. The molecule has 0 aliphatic carbocycles. The minimum Gasteiger partial charge on any atom is -0.394 e. The summed E-state index contributed by atoms with van der Waals surface area (Å²) in [7, 11) is 0.